The zero-order valence-electron chi connectivity index (χ0n) is 11.9. The maximum absolute atomic E-state index is 13.9. The third-order valence-electron chi connectivity index (χ3n) is 3.12. The molecule has 0 bridgehead atoms. The van der Waals surface area contributed by atoms with E-state index >= 15 is 0 Å². The van der Waals surface area contributed by atoms with E-state index in [2.05, 4.69) is 15.5 Å². The molecule has 1 heterocycles. The SMILES string of the molecule is Cc1nc(CNCc2ccc(/C(N)=N/O)cc2F)oc1C. The lowest BCUT2D eigenvalue weighted by Crippen LogP contribution is -2.16. The number of benzene rings is 1. The summed E-state index contributed by atoms with van der Waals surface area (Å²) in [5.74, 6) is 0.797. The molecule has 0 spiro atoms. The molecule has 0 saturated carbocycles. The van der Waals surface area contributed by atoms with E-state index < -0.39 is 5.82 Å². The summed E-state index contributed by atoms with van der Waals surface area (Å²) in [6.45, 7) is 4.45. The summed E-state index contributed by atoms with van der Waals surface area (Å²) in [6, 6.07) is 4.40. The molecule has 0 aliphatic rings. The summed E-state index contributed by atoms with van der Waals surface area (Å²) in [7, 11) is 0. The molecule has 1 aromatic heterocycles. The first kappa shape index (κ1) is 15.0. The lowest BCUT2D eigenvalue weighted by atomic mass is 10.1. The van der Waals surface area contributed by atoms with Gasteiger partial charge in [0.1, 0.15) is 11.6 Å². The molecule has 1 aromatic carbocycles. The molecule has 0 saturated heterocycles. The highest BCUT2D eigenvalue weighted by atomic mass is 19.1. The van der Waals surface area contributed by atoms with Crippen LogP contribution in [0.2, 0.25) is 0 Å². The van der Waals surface area contributed by atoms with Crippen LogP contribution < -0.4 is 11.1 Å². The Morgan fingerprint density at radius 3 is 2.76 bits per heavy atom. The number of aromatic nitrogens is 1. The third-order valence-corrected chi connectivity index (χ3v) is 3.12. The number of hydrogen-bond acceptors (Lipinski definition) is 5. The van der Waals surface area contributed by atoms with Crippen LogP contribution in [0.15, 0.2) is 27.8 Å². The van der Waals surface area contributed by atoms with Crippen LogP contribution in [0.3, 0.4) is 0 Å². The minimum atomic E-state index is -0.425. The van der Waals surface area contributed by atoms with E-state index in [0.29, 0.717) is 30.1 Å². The van der Waals surface area contributed by atoms with E-state index in [-0.39, 0.29) is 5.84 Å². The van der Waals surface area contributed by atoms with Crippen LogP contribution in [0.1, 0.15) is 28.5 Å². The van der Waals surface area contributed by atoms with Gasteiger partial charge in [-0.15, -0.1) is 0 Å². The second kappa shape index (κ2) is 6.36. The maximum atomic E-state index is 13.9. The van der Waals surface area contributed by atoms with E-state index in [9.17, 15) is 4.39 Å². The number of nitrogens with one attached hydrogen (secondary N) is 1. The average molecular weight is 292 g/mol. The topological polar surface area (TPSA) is 96.7 Å². The van der Waals surface area contributed by atoms with E-state index in [4.69, 9.17) is 15.4 Å². The summed E-state index contributed by atoms with van der Waals surface area (Å²) in [6.07, 6.45) is 0. The Hall–Kier alpha value is -2.41. The highest BCUT2D eigenvalue weighted by Gasteiger charge is 2.08. The van der Waals surface area contributed by atoms with Crippen molar-refractivity contribution in [3.05, 3.63) is 52.5 Å². The van der Waals surface area contributed by atoms with Crippen LogP contribution in [0, 0.1) is 19.7 Å². The van der Waals surface area contributed by atoms with Crippen molar-refractivity contribution in [1.82, 2.24) is 10.3 Å². The highest BCUT2D eigenvalue weighted by molar-refractivity contribution is 5.97. The molecule has 0 unspecified atom stereocenters. The first-order valence-electron chi connectivity index (χ1n) is 6.41. The van der Waals surface area contributed by atoms with Gasteiger partial charge in [0, 0.05) is 17.7 Å². The van der Waals surface area contributed by atoms with Crippen LogP contribution in [-0.4, -0.2) is 16.0 Å². The van der Waals surface area contributed by atoms with Crippen molar-refractivity contribution in [3.63, 3.8) is 0 Å². The van der Waals surface area contributed by atoms with E-state index in [0.717, 1.165) is 11.5 Å². The summed E-state index contributed by atoms with van der Waals surface area (Å²) < 4.78 is 19.3. The van der Waals surface area contributed by atoms with E-state index in [1.165, 1.54) is 6.07 Å². The number of amidine groups is 1. The van der Waals surface area contributed by atoms with Crippen molar-refractivity contribution in [1.29, 1.82) is 0 Å². The number of nitrogens with zero attached hydrogens (tertiary/aromatic N) is 2. The molecule has 4 N–H and O–H groups in total. The van der Waals surface area contributed by atoms with Crippen molar-refractivity contribution in [2.45, 2.75) is 26.9 Å². The number of aryl methyl sites for hydroxylation is 2. The van der Waals surface area contributed by atoms with E-state index in [1.54, 1.807) is 12.1 Å². The molecule has 0 aliphatic carbocycles. The Kier molecular flexibility index (Phi) is 4.54. The number of oxazole rings is 1. The zero-order valence-corrected chi connectivity index (χ0v) is 11.9. The standard InChI is InChI=1S/C14H17FN4O2/c1-8-9(2)21-13(18-8)7-17-6-11-4-3-10(5-12(11)15)14(16)19-20/h3-5,17,20H,6-7H2,1-2H3,(H2,16,19). The monoisotopic (exact) mass is 292 g/mol. The second-order valence-corrected chi connectivity index (χ2v) is 4.64. The minimum Gasteiger partial charge on any atom is -0.444 e. The molecule has 2 aromatic rings. The molecule has 0 amide bonds. The fourth-order valence-electron chi connectivity index (χ4n) is 1.83. The van der Waals surface area contributed by atoms with Gasteiger partial charge in [-0.1, -0.05) is 17.3 Å². The highest BCUT2D eigenvalue weighted by Crippen LogP contribution is 2.11. The Balaban J connectivity index is 1.97. The molecular weight excluding hydrogens is 275 g/mol. The van der Waals surface area contributed by atoms with Crippen LogP contribution in [-0.2, 0) is 13.1 Å². The quantitative estimate of drug-likeness (QED) is 0.338. The van der Waals surface area contributed by atoms with Gasteiger partial charge in [0.25, 0.3) is 0 Å². The predicted molar refractivity (Wildman–Crippen MR) is 75.4 cm³/mol. The van der Waals surface area contributed by atoms with Crippen LogP contribution in [0.5, 0.6) is 0 Å². The van der Waals surface area contributed by atoms with Gasteiger partial charge < -0.3 is 20.7 Å². The lowest BCUT2D eigenvalue weighted by molar-refractivity contribution is 0.318. The first-order valence-corrected chi connectivity index (χ1v) is 6.41. The van der Waals surface area contributed by atoms with Gasteiger partial charge in [0.05, 0.1) is 12.2 Å². The molecule has 0 fully saturated rings. The average Bonchev–Trinajstić information content (AvgIpc) is 2.78. The van der Waals surface area contributed by atoms with Gasteiger partial charge in [-0.05, 0) is 19.9 Å². The van der Waals surface area contributed by atoms with Crippen molar-refractivity contribution in [3.8, 4) is 0 Å². The number of nitrogens with two attached hydrogens (primary N) is 1. The van der Waals surface area contributed by atoms with Crippen LogP contribution >= 0.6 is 0 Å². The maximum Gasteiger partial charge on any atom is 0.208 e. The molecule has 0 radical (unpaired) electrons. The Labute approximate surface area is 121 Å². The number of hydrogen-bond donors (Lipinski definition) is 3. The third kappa shape index (κ3) is 3.57. The van der Waals surface area contributed by atoms with Crippen LogP contribution in [0.4, 0.5) is 4.39 Å². The largest absolute Gasteiger partial charge is 0.444 e. The second-order valence-electron chi connectivity index (χ2n) is 4.64. The van der Waals surface area contributed by atoms with Gasteiger partial charge in [0.2, 0.25) is 5.89 Å². The summed E-state index contributed by atoms with van der Waals surface area (Å²) in [4.78, 5) is 4.23. The Bertz CT molecular complexity index is 647. The van der Waals surface area contributed by atoms with E-state index in [1.807, 2.05) is 13.8 Å². The van der Waals surface area contributed by atoms with Crippen molar-refractivity contribution >= 4 is 5.84 Å². The number of rotatable bonds is 5. The molecule has 7 heteroatoms. The summed E-state index contributed by atoms with van der Waals surface area (Å²) in [5, 5.41) is 14.4. The van der Waals surface area contributed by atoms with Crippen LogP contribution in [0.25, 0.3) is 0 Å². The Morgan fingerprint density at radius 1 is 1.43 bits per heavy atom. The van der Waals surface area contributed by atoms with Gasteiger partial charge in [-0.3, -0.25) is 0 Å². The zero-order chi connectivity index (χ0) is 15.4. The fourth-order valence-corrected chi connectivity index (χ4v) is 1.83. The van der Waals surface area contributed by atoms with Gasteiger partial charge >= 0.3 is 0 Å². The molecular formula is C14H17FN4O2. The molecule has 0 aliphatic heterocycles. The van der Waals surface area contributed by atoms with Crippen molar-refractivity contribution in [2.75, 3.05) is 0 Å². The molecule has 112 valence electrons. The van der Waals surface area contributed by atoms with Gasteiger partial charge in [0.15, 0.2) is 5.84 Å². The van der Waals surface area contributed by atoms with Gasteiger partial charge in [-0.25, -0.2) is 9.37 Å². The lowest BCUT2D eigenvalue weighted by Gasteiger charge is -2.06. The van der Waals surface area contributed by atoms with Crippen molar-refractivity contribution < 1.29 is 14.0 Å². The molecule has 0 atom stereocenters. The van der Waals surface area contributed by atoms with Gasteiger partial charge in [-0.2, -0.15) is 0 Å². The number of oxime groups is 1. The molecule has 6 nitrogen and oxygen atoms in total. The smallest absolute Gasteiger partial charge is 0.208 e. The summed E-state index contributed by atoms with van der Waals surface area (Å²) in [5.41, 5.74) is 7.06. The first-order chi connectivity index (χ1) is 10.0. The normalized spacial score (nSPS) is 11.9. The predicted octanol–water partition coefficient (Wildman–Crippen LogP) is 1.81. The number of halogens is 1. The molecule has 21 heavy (non-hydrogen) atoms. The Morgan fingerprint density at radius 2 is 2.19 bits per heavy atom. The molecule has 2 rings (SSSR count). The summed E-state index contributed by atoms with van der Waals surface area (Å²) >= 11 is 0. The van der Waals surface area contributed by atoms with Crippen molar-refractivity contribution in [2.24, 2.45) is 10.9 Å². The minimum absolute atomic E-state index is 0.126. The fraction of sp³-hybridized carbons (Fsp3) is 0.286.